The molecule has 0 fully saturated rings. The third-order valence-corrected chi connectivity index (χ3v) is 5.14. The molecule has 5 nitrogen and oxygen atoms in total. The van der Waals surface area contributed by atoms with E-state index in [4.69, 9.17) is 14.2 Å². The van der Waals surface area contributed by atoms with E-state index in [-0.39, 0.29) is 12.8 Å². The Morgan fingerprint density at radius 2 is 2.17 bits per heavy atom. The summed E-state index contributed by atoms with van der Waals surface area (Å²) in [5.41, 5.74) is 5.46. The minimum Gasteiger partial charge on any atom is -0.497 e. The van der Waals surface area contributed by atoms with Crippen molar-refractivity contribution in [3.05, 3.63) is 41.0 Å². The largest absolute Gasteiger partial charge is 0.497 e. The summed E-state index contributed by atoms with van der Waals surface area (Å²) in [6.07, 6.45) is 0.431. The highest BCUT2D eigenvalue weighted by Crippen LogP contribution is 2.54. The highest BCUT2D eigenvalue weighted by molar-refractivity contribution is 5.84. The van der Waals surface area contributed by atoms with E-state index in [0.717, 1.165) is 46.9 Å². The van der Waals surface area contributed by atoms with Gasteiger partial charge in [0.15, 0.2) is 11.5 Å². The molecular weight excluding hydrogens is 294 g/mol. The normalized spacial score (nSPS) is 23.2. The number of aliphatic hydroxyl groups is 1. The minimum absolute atomic E-state index is 0.00264. The van der Waals surface area contributed by atoms with Crippen molar-refractivity contribution in [2.75, 3.05) is 20.4 Å². The molecule has 0 spiro atoms. The number of aliphatic hydroxyl groups excluding tert-OH is 1. The second kappa shape index (κ2) is 4.63. The number of hydrogen-bond acceptors (Lipinski definition) is 4. The van der Waals surface area contributed by atoms with Gasteiger partial charge in [0.25, 0.3) is 0 Å². The molecule has 5 rings (SSSR count). The van der Waals surface area contributed by atoms with Gasteiger partial charge in [0.1, 0.15) is 17.9 Å². The van der Waals surface area contributed by atoms with Crippen molar-refractivity contribution in [1.82, 2.24) is 0 Å². The summed E-state index contributed by atoms with van der Waals surface area (Å²) in [5, 5.41) is 13.2. The molecule has 3 N–H and O–H groups in total. The summed E-state index contributed by atoms with van der Waals surface area (Å²) >= 11 is 0. The molecule has 2 aromatic rings. The molecule has 2 atom stereocenters. The van der Waals surface area contributed by atoms with E-state index in [1.165, 1.54) is 11.1 Å². The van der Waals surface area contributed by atoms with Crippen LogP contribution in [0.2, 0.25) is 0 Å². The Balaban J connectivity index is 1.86. The molecule has 0 saturated carbocycles. The molecule has 5 heteroatoms. The molecule has 2 aliphatic heterocycles. The van der Waals surface area contributed by atoms with Gasteiger partial charge in [-0.3, -0.25) is 0 Å². The number of fused-ring (bicyclic) bond motifs is 4. The highest BCUT2D eigenvalue weighted by atomic mass is 16.7. The SMILES string of the molecule is COc1ccc2c(c1)[C@@H](O)[C@H]1[NH2+]CCc3cc4c(c-2c31)OCO4. The van der Waals surface area contributed by atoms with Crippen LogP contribution in [0.1, 0.15) is 28.8 Å². The fourth-order valence-corrected chi connectivity index (χ4v) is 4.12. The van der Waals surface area contributed by atoms with Gasteiger partial charge >= 0.3 is 0 Å². The molecule has 3 aliphatic rings. The number of hydrogen-bond donors (Lipinski definition) is 2. The van der Waals surface area contributed by atoms with Crippen molar-refractivity contribution >= 4 is 0 Å². The Labute approximate surface area is 133 Å². The fourth-order valence-electron chi connectivity index (χ4n) is 4.12. The maximum atomic E-state index is 10.9. The van der Waals surface area contributed by atoms with E-state index in [1.807, 2.05) is 18.2 Å². The van der Waals surface area contributed by atoms with Gasteiger partial charge < -0.3 is 24.6 Å². The van der Waals surface area contributed by atoms with E-state index in [0.29, 0.717) is 0 Å². The molecule has 0 bridgehead atoms. The first-order valence-corrected chi connectivity index (χ1v) is 7.93. The van der Waals surface area contributed by atoms with Crippen molar-refractivity contribution in [3.8, 4) is 28.4 Å². The zero-order chi connectivity index (χ0) is 15.6. The Morgan fingerprint density at radius 3 is 3.04 bits per heavy atom. The molecule has 1 aliphatic carbocycles. The fraction of sp³-hybridized carbons (Fsp3) is 0.333. The van der Waals surface area contributed by atoms with Gasteiger partial charge in [-0.25, -0.2) is 0 Å². The second-order valence-corrected chi connectivity index (χ2v) is 6.26. The molecular formula is C18H18NO4+. The van der Waals surface area contributed by atoms with Crippen LogP contribution in [-0.2, 0) is 6.42 Å². The summed E-state index contributed by atoms with van der Waals surface area (Å²) in [7, 11) is 1.64. The molecule has 2 heterocycles. The van der Waals surface area contributed by atoms with Crippen molar-refractivity contribution in [2.45, 2.75) is 18.6 Å². The number of nitrogens with two attached hydrogens (primary N) is 1. The zero-order valence-electron chi connectivity index (χ0n) is 12.8. The van der Waals surface area contributed by atoms with Gasteiger partial charge in [0.05, 0.1) is 13.7 Å². The summed E-state index contributed by atoms with van der Waals surface area (Å²) in [4.78, 5) is 0. The zero-order valence-corrected chi connectivity index (χ0v) is 12.8. The first-order valence-electron chi connectivity index (χ1n) is 7.93. The number of ether oxygens (including phenoxy) is 3. The predicted molar refractivity (Wildman–Crippen MR) is 82.8 cm³/mol. The minimum atomic E-state index is -0.549. The molecule has 2 aromatic carbocycles. The van der Waals surface area contributed by atoms with E-state index >= 15 is 0 Å². The van der Waals surface area contributed by atoms with Crippen LogP contribution in [-0.4, -0.2) is 25.6 Å². The summed E-state index contributed by atoms with van der Waals surface area (Å²) in [6.45, 7) is 1.22. The lowest BCUT2D eigenvalue weighted by Gasteiger charge is -2.35. The van der Waals surface area contributed by atoms with Crippen molar-refractivity contribution in [1.29, 1.82) is 0 Å². The number of benzene rings is 2. The maximum Gasteiger partial charge on any atom is 0.231 e. The number of rotatable bonds is 1. The van der Waals surface area contributed by atoms with Crippen LogP contribution < -0.4 is 19.5 Å². The third kappa shape index (κ3) is 1.69. The van der Waals surface area contributed by atoms with Crippen LogP contribution >= 0.6 is 0 Å². The molecule has 23 heavy (non-hydrogen) atoms. The van der Waals surface area contributed by atoms with Crippen molar-refractivity contribution in [3.63, 3.8) is 0 Å². The Hall–Kier alpha value is -2.24. The van der Waals surface area contributed by atoms with Gasteiger partial charge in [-0.1, -0.05) is 6.07 Å². The van der Waals surface area contributed by atoms with Gasteiger partial charge in [-0.05, 0) is 34.9 Å². The van der Waals surface area contributed by atoms with Crippen molar-refractivity contribution < 1.29 is 24.6 Å². The molecule has 0 amide bonds. The summed E-state index contributed by atoms with van der Waals surface area (Å²) in [5.74, 6) is 2.38. The summed E-state index contributed by atoms with van der Waals surface area (Å²) < 4.78 is 16.7. The highest BCUT2D eigenvalue weighted by Gasteiger charge is 2.42. The number of quaternary nitrogens is 1. The van der Waals surface area contributed by atoms with Crippen LogP contribution in [0, 0.1) is 0 Å². The van der Waals surface area contributed by atoms with E-state index in [9.17, 15) is 5.11 Å². The third-order valence-electron chi connectivity index (χ3n) is 5.14. The molecule has 0 unspecified atom stereocenters. The van der Waals surface area contributed by atoms with Gasteiger partial charge in [-0.15, -0.1) is 0 Å². The quantitative estimate of drug-likeness (QED) is 0.833. The number of methoxy groups -OCH3 is 1. The average molecular weight is 312 g/mol. The monoisotopic (exact) mass is 312 g/mol. The lowest BCUT2D eigenvalue weighted by atomic mass is 9.76. The molecule has 0 saturated heterocycles. The van der Waals surface area contributed by atoms with Gasteiger partial charge in [0.2, 0.25) is 6.79 Å². The van der Waals surface area contributed by atoms with E-state index in [1.54, 1.807) is 7.11 Å². The molecule has 118 valence electrons. The topological polar surface area (TPSA) is 64.5 Å². The van der Waals surface area contributed by atoms with E-state index < -0.39 is 6.10 Å². The van der Waals surface area contributed by atoms with Crippen LogP contribution in [0.4, 0.5) is 0 Å². The molecule has 0 aromatic heterocycles. The van der Waals surface area contributed by atoms with E-state index in [2.05, 4.69) is 11.4 Å². The van der Waals surface area contributed by atoms with Crippen LogP contribution in [0.15, 0.2) is 24.3 Å². The van der Waals surface area contributed by atoms with Crippen LogP contribution in [0.3, 0.4) is 0 Å². The smallest absolute Gasteiger partial charge is 0.231 e. The first-order chi connectivity index (χ1) is 11.3. The van der Waals surface area contributed by atoms with Gasteiger partial charge in [-0.2, -0.15) is 0 Å². The average Bonchev–Trinajstić information content (AvgIpc) is 3.05. The molecule has 0 radical (unpaired) electrons. The van der Waals surface area contributed by atoms with Crippen molar-refractivity contribution in [2.24, 2.45) is 0 Å². The standard InChI is InChI=1S/C18H17NO4/c1-21-10-2-3-11-12(7-10)17(20)16-14-9(4-5-19-16)6-13-18(15(11)14)23-8-22-13/h2-3,6-7,16-17,19-20H,4-5,8H2,1H3/p+1/t16-,17+/m0/s1. The maximum absolute atomic E-state index is 10.9. The predicted octanol–water partition coefficient (Wildman–Crippen LogP) is 1.30. The lowest BCUT2D eigenvalue weighted by molar-refractivity contribution is -0.707. The second-order valence-electron chi connectivity index (χ2n) is 6.26. The first kappa shape index (κ1) is 13.2. The van der Waals surface area contributed by atoms with Gasteiger partial charge in [0, 0.05) is 17.5 Å². The Morgan fingerprint density at radius 1 is 1.26 bits per heavy atom. The Bertz CT molecular complexity index is 817. The lowest BCUT2D eigenvalue weighted by Crippen LogP contribution is -2.88. The summed E-state index contributed by atoms with van der Waals surface area (Å²) in [6, 6.07) is 7.96. The Kier molecular flexibility index (Phi) is 2.66. The van der Waals surface area contributed by atoms with Crippen LogP contribution in [0.5, 0.6) is 17.2 Å². The van der Waals surface area contributed by atoms with Crippen LogP contribution in [0.25, 0.3) is 11.1 Å².